The van der Waals surface area contributed by atoms with Crippen molar-refractivity contribution < 1.29 is 9.66 Å². The number of anilines is 1. The van der Waals surface area contributed by atoms with E-state index in [1.807, 2.05) is 6.92 Å². The lowest BCUT2D eigenvalue weighted by molar-refractivity contribution is -0.384. The molecule has 2 heterocycles. The number of nitrogens with zero attached hydrogens (tertiary/aromatic N) is 3. The number of hydrogen-bond acceptors (Lipinski definition) is 6. The first-order chi connectivity index (χ1) is 9.60. The van der Waals surface area contributed by atoms with Crippen molar-refractivity contribution in [3.05, 3.63) is 27.9 Å². The zero-order valence-corrected chi connectivity index (χ0v) is 11.8. The van der Waals surface area contributed by atoms with Gasteiger partial charge in [0, 0.05) is 31.4 Å². The van der Waals surface area contributed by atoms with E-state index in [2.05, 4.69) is 22.1 Å². The second kappa shape index (κ2) is 6.62. The Labute approximate surface area is 118 Å². The first-order valence-corrected chi connectivity index (χ1v) is 6.80. The molecule has 0 amide bonds. The minimum absolute atomic E-state index is 0.00115. The monoisotopic (exact) mass is 280 g/mol. The number of likely N-dealkylation sites (N-methyl/N-ethyl adjacent to an activating group) is 1. The van der Waals surface area contributed by atoms with Crippen LogP contribution in [-0.2, 0) is 4.74 Å². The molecule has 1 unspecified atom stereocenters. The summed E-state index contributed by atoms with van der Waals surface area (Å²) >= 11 is 0. The van der Waals surface area contributed by atoms with Crippen molar-refractivity contribution in [3.63, 3.8) is 0 Å². The lowest BCUT2D eigenvalue weighted by atomic mass is 10.2. The lowest BCUT2D eigenvalue weighted by Crippen LogP contribution is -2.45. The fourth-order valence-corrected chi connectivity index (χ4v) is 2.23. The summed E-state index contributed by atoms with van der Waals surface area (Å²) in [4.78, 5) is 17.0. The maximum atomic E-state index is 11.0. The van der Waals surface area contributed by atoms with Gasteiger partial charge < -0.3 is 10.1 Å². The van der Waals surface area contributed by atoms with Gasteiger partial charge in [-0.25, -0.2) is 4.98 Å². The third kappa shape index (κ3) is 3.64. The van der Waals surface area contributed by atoms with Crippen molar-refractivity contribution in [1.82, 2.24) is 9.88 Å². The first-order valence-electron chi connectivity index (χ1n) is 6.80. The van der Waals surface area contributed by atoms with E-state index >= 15 is 0 Å². The molecular formula is C13H20N4O3. The quantitative estimate of drug-likeness (QED) is 0.649. The smallest absolute Gasteiger partial charge is 0.311 e. The molecule has 0 radical (unpaired) electrons. The molecule has 0 saturated carbocycles. The second-order valence-electron chi connectivity index (χ2n) is 4.84. The largest absolute Gasteiger partial charge is 0.374 e. The van der Waals surface area contributed by atoms with Gasteiger partial charge in [0.25, 0.3) is 0 Å². The molecule has 0 aliphatic carbocycles. The van der Waals surface area contributed by atoms with Gasteiger partial charge >= 0.3 is 5.69 Å². The summed E-state index contributed by atoms with van der Waals surface area (Å²) in [6, 6.07) is 3.12. The minimum Gasteiger partial charge on any atom is -0.374 e. The van der Waals surface area contributed by atoms with E-state index < -0.39 is 4.92 Å². The highest BCUT2D eigenvalue weighted by molar-refractivity contribution is 5.56. The molecule has 2 rings (SSSR count). The zero-order chi connectivity index (χ0) is 14.5. The fourth-order valence-electron chi connectivity index (χ4n) is 2.23. The van der Waals surface area contributed by atoms with E-state index in [4.69, 9.17) is 4.74 Å². The topological polar surface area (TPSA) is 80.5 Å². The first kappa shape index (κ1) is 14.7. The summed E-state index contributed by atoms with van der Waals surface area (Å²) < 4.78 is 5.66. The van der Waals surface area contributed by atoms with Gasteiger partial charge in [-0.15, -0.1) is 0 Å². The maximum absolute atomic E-state index is 11.0. The minimum atomic E-state index is -0.422. The molecule has 1 aromatic rings. The van der Waals surface area contributed by atoms with Crippen LogP contribution in [0.4, 0.5) is 11.5 Å². The van der Waals surface area contributed by atoms with Crippen molar-refractivity contribution in [2.75, 3.05) is 38.1 Å². The molecule has 1 fully saturated rings. The van der Waals surface area contributed by atoms with Crippen molar-refractivity contribution >= 4 is 11.5 Å². The van der Waals surface area contributed by atoms with Crippen LogP contribution in [0.3, 0.4) is 0 Å². The van der Waals surface area contributed by atoms with Crippen molar-refractivity contribution in [2.24, 2.45) is 0 Å². The number of ether oxygens (including phenoxy) is 1. The lowest BCUT2D eigenvalue weighted by Gasteiger charge is -2.32. The van der Waals surface area contributed by atoms with Crippen LogP contribution in [0.15, 0.2) is 12.1 Å². The van der Waals surface area contributed by atoms with E-state index in [9.17, 15) is 10.1 Å². The summed E-state index contributed by atoms with van der Waals surface area (Å²) in [5, 5.41) is 14.0. The number of morpholine rings is 1. The van der Waals surface area contributed by atoms with E-state index in [-0.39, 0.29) is 11.8 Å². The summed E-state index contributed by atoms with van der Waals surface area (Å²) in [6.45, 7) is 7.91. The average molecular weight is 280 g/mol. The number of aromatic nitrogens is 1. The van der Waals surface area contributed by atoms with Crippen LogP contribution < -0.4 is 5.32 Å². The van der Waals surface area contributed by atoms with Gasteiger partial charge in [-0.2, -0.15) is 0 Å². The van der Waals surface area contributed by atoms with Gasteiger partial charge in [0.1, 0.15) is 0 Å². The second-order valence-corrected chi connectivity index (χ2v) is 4.84. The number of nitro groups is 1. The van der Waals surface area contributed by atoms with Gasteiger partial charge in [0.05, 0.1) is 17.6 Å². The van der Waals surface area contributed by atoms with E-state index in [0.29, 0.717) is 19.0 Å². The van der Waals surface area contributed by atoms with Crippen molar-refractivity contribution in [1.29, 1.82) is 0 Å². The predicted octanol–water partition coefficient (Wildman–Crippen LogP) is 1.43. The van der Waals surface area contributed by atoms with Crippen molar-refractivity contribution in [3.8, 4) is 0 Å². The van der Waals surface area contributed by atoms with Crippen LogP contribution in [0.1, 0.15) is 12.6 Å². The number of nitrogens with one attached hydrogen (secondary N) is 1. The molecule has 1 aliphatic rings. The van der Waals surface area contributed by atoms with Crippen LogP contribution in [-0.4, -0.2) is 53.7 Å². The fraction of sp³-hybridized carbons (Fsp3) is 0.615. The van der Waals surface area contributed by atoms with E-state index in [1.165, 1.54) is 6.07 Å². The Morgan fingerprint density at radius 2 is 2.40 bits per heavy atom. The van der Waals surface area contributed by atoms with Gasteiger partial charge in [0.15, 0.2) is 0 Å². The SMILES string of the molecule is CCN1CCOC(CNc2nc(C)ccc2[N+](=O)[O-])C1. The summed E-state index contributed by atoms with van der Waals surface area (Å²) in [7, 11) is 0. The standard InChI is InChI=1S/C13H20N4O3/c1-3-16-6-7-20-11(9-16)8-14-13-12(17(18)19)5-4-10(2)15-13/h4-5,11H,3,6-9H2,1-2H3,(H,14,15). The molecular weight excluding hydrogens is 260 g/mol. The Morgan fingerprint density at radius 3 is 3.10 bits per heavy atom. The van der Waals surface area contributed by atoms with E-state index in [0.717, 1.165) is 25.3 Å². The molecule has 1 N–H and O–H groups in total. The number of pyridine rings is 1. The third-order valence-corrected chi connectivity index (χ3v) is 3.38. The van der Waals surface area contributed by atoms with Gasteiger partial charge in [-0.3, -0.25) is 15.0 Å². The molecule has 7 nitrogen and oxygen atoms in total. The van der Waals surface area contributed by atoms with Crippen LogP contribution in [0.25, 0.3) is 0 Å². The van der Waals surface area contributed by atoms with E-state index in [1.54, 1.807) is 6.07 Å². The molecule has 1 aromatic heterocycles. The van der Waals surface area contributed by atoms with Gasteiger partial charge in [0.2, 0.25) is 5.82 Å². The Balaban J connectivity index is 1.99. The Bertz CT molecular complexity index is 481. The highest BCUT2D eigenvalue weighted by Gasteiger charge is 2.21. The molecule has 20 heavy (non-hydrogen) atoms. The average Bonchev–Trinajstić information content (AvgIpc) is 2.45. The van der Waals surface area contributed by atoms with Gasteiger partial charge in [-0.1, -0.05) is 6.92 Å². The molecule has 1 aliphatic heterocycles. The Kier molecular flexibility index (Phi) is 4.86. The normalized spacial score (nSPS) is 19.8. The molecule has 0 spiro atoms. The molecule has 7 heteroatoms. The Morgan fingerprint density at radius 1 is 1.60 bits per heavy atom. The highest BCUT2D eigenvalue weighted by Crippen LogP contribution is 2.22. The number of aryl methyl sites for hydroxylation is 1. The van der Waals surface area contributed by atoms with Crippen LogP contribution in [0.2, 0.25) is 0 Å². The molecule has 110 valence electrons. The predicted molar refractivity (Wildman–Crippen MR) is 76.0 cm³/mol. The van der Waals surface area contributed by atoms with Crippen LogP contribution in [0, 0.1) is 17.0 Å². The molecule has 0 aromatic carbocycles. The van der Waals surface area contributed by atoms with Gasteiger partial charge in [-0.05, 0) is 19.5 Å². The molecule has 1 saturated heterocycles. The summed E-state index contributed by atoms with van der Waals surface area (Å²) in [5.74, 6) is 0.312. The third-order valence-electron chi connectivity index (χ3n) is 3.38. The molecule has 1 atom stereocenters. The zero-order valence-electron chi connectivity index (χ0n) is 11.8. The maximum Gasteiger partial charge on any atom is 0.311 e. The summed E-state index contributed by atoms with van der Waals surface area (Å²) in [5.41, 5.74) is 0.747. The molecule has 0 bridgehead atoms. The number of rotatable bonds is 5. The van der Waals surface area contributed by atoms with Crippen LogP contribution >= 0.6 is 0 Å². The highest BCUT2D eigenvalue weighted by atomic mass is 16.6. The Hall–Kier alpha value is -1.73. The van der Waals surface area contributed by atoms with Crippen molar-refractivity contribution in [2.45, 2.75) is 20.0 Å². The summed E-state index contributed by atoms with van der Waals surface area (Å²) in [6.07, 6.45) is 0.0330. The van der Waals surface area contributed by atoms with Crippen LogP contribution in [0.5, 0.6) is 0 Å². The number of hydrogen-bond donors (Lipinski definition) is 1.